The third-order valence-corrected chi connectivity index (χ3v) is 5.25. The molecule has 8 nitrogen and oxygen atoms in total. The number of nitrogens with one attached hydrogen (secondary N) is 1. The topological polar surface area (TPSA) is 95.1 Å². The second kappa shape index (κ2) is 8.46. The molecule has 1 aliphatic heterocycles. The predicted molar refractivity (Wildman–Crippen MR) is 105 cm³/mol. The van der Waals surface area contributed by atoms with E-state index in [-0.39, 0.29) is 5.91 Å². The van der Waals surface area contributed by atoms with Crippen LogP contribution in [-0.2, 0) is 26.1 Å². The zero-order valence-corrected chi connectivity index (χ0v) is 16.8. The first-order valence-corrected chi connectivity index (χ1v) is 9.95. The van der Waals surface area contributed by atoms with E-state index >= 15 is 0 Å². The van der Waals surface area contributed by atoms with E-state index in [0.29, 0.717) is 24.5 Å². The average molecular weight is 395 g/mol. The standard InChI is InChI=1S/C21H25N5O3/c1-14-18(15(2)29-25-14)13-28-17-8-6-7-16(11-17)21(27)22-12-20-24-23-19-9-4-3-5-10-26(19)20/h6-8,11H,3-5,9-10,12-13H2,1-2H3,(H,22,27). The number of aromatic nitrogens is 4. The molecule has 0 spiro atoms. The van der Waals surface area contributed by atoms with Crippen molar-refractivity contribution in [1.29, 1.82) is 0 Å². The molecule has 1 aliphatic rings. The van der Waals surface area contributed by atoms with E-state index in [1.165, 1.54) is 6.42 Å². The fraction of sp³-hybridized carbons (Fsp3) is 0.429. The molecule has 29 heavy (non-hydrogen) atoms. The lowest BCUT2D eigenvalue weighted by molar-refractivity contribution is 0.0949. The summed E-state index contributed by atoms with van der Waals surface area (Å²) in [6, 6.07) is 7.13. The van der Waals surface area contributed by atoms with Crippen molar-refractivity contribution in [1.82, 2.24) is 25.2 Å². The van der Waals surface area contributed by atoms with Gasteiger partial charge in [-0.3, -0.25) is 4.79 Å². The van der Waals surface area contributed by atoms with Gasteiger partial charge in [0.1, 0.15) is 23.9 Å². The summed E-state index contributed by atoms with van der Waals surface area (Å²) < 4.78 is 13.1. The molecule has 0 bridgehead atoms. The molecule has 1 aromatic carbocycles. The van der Waals surface area contributed by atoms with Crippen LogP contribution in [0, 0.1) is 13.8 Å². The summed E-state index contributed by atoms with van der Waals surface area (Å²) in [7, 11) is 0. The van der Waals surface area contributed by atoms with Gasteiger partial charge in [-0.05, 0) is 44.9 Å². The molecule has 0 saturated heterocycles. The first kappa shape index (κ1) is 19.2. The van der Waals surface area contributed by atoms with E-state index in [9.17, 15) is 4.79 Å². The molecule has 0 aliphatic carbocycles. The van der Waals surface area contributed by atoms with Gasteiger partial charge in [-0.2, -0.15) is 0 Å². The maximum absolute atomic E-state index is 12.6. The number of hydrogen-bond donors (Lipinski definition) is 1. The molecule has 1 amide bonds. The fourth-order valence-corrected chi connectivity index (χ4v) is 3.53. The van der Waals surface area contributed by atoms with Crippen LogP contribution in [0.3, 0.4) is 0 Å². The molecule has 3 aromatic rings. The normalized spacial score (nSPS) is 13.6. The lowest BCUT2D eigenvalue weighted by Gasteiger charge is -2.10. The van der Waals surface area contributed by atoms with Crippen molar-refractivity contribution >= 4 is 5.91 Å². The highest BCUT2D eigenvalue weighted by molar-refractivity contribution is 5.94. The highest BCUT2D eigenvalue weighted by Gasteiger charge is 2.16. The second-order valence-corrected chi connectivity index (χ2v) is 7.30. The van der Waals surface area contributed by atoms with Crippen LogP contribution in [0.2, 0.25) is 0 Å². The van der Waals surface area contributed by atoms with Crippen molar-refractivity contribution in [2.24, 2.45) is 0 Å². The number of hydrogen-bond acceptors (Lipinski definition) is 6. The number of carbonyl (C=O) groups excluding carboxylic acids is 1. The summed E-state index contributed by atoms with van der Waals surface area (Å²) in [5.41, 5.74) is 2.27. The van der Waals surface area contributed by atoms with E-state index in [2.05, 4.69) is 25.2 Å². The van der Waals surface area contributed by atoms with Gasteiger partial charge in [-0.15, -0.1) is 10.2 Å². The largest absolute Gasteiger partial charge is 0.489 e. The zero-order valence-electron chi connectivity index (χ0n) is 16.8. The van der Waals surface area contributed by atoms with Gasteiger partial charge in [0.25, 0.3) is 5.91 Å². The average Bonchev–Trinajstić information content (AvgIpc) is 3.17. The highest BCUT2D eigenvalue weighted by Crippen LogP contribution is 2.19. The minimum Gasteiger partial charge on any atom is -0.489 e. The van der Waals surface area contributed by atoms with Crippen molar-refractivity contribution in [3.8, 4) is 5.75 Å². The predicted octanol–water partition coefficient (Wildman–Crippen LogP) is 3.12. The molecule has 3 heterocycles. The van der Waals surface area contributed by atoms with E-state index in [1.54, 1.807) is 18.2 Å². The summed E-state index contributed by atoms with van der Waals surface area (Å²) in [5, 5.41) is 15.4. The Labute approximate surface area is 169 Å². The molecule has 152 valence electrons. The molecule has 0 unspecified atom stereocenters. The van der Waals surface area contributed by atoms with Crippen LogP contribution in [0.5, 0.6) is 5.75 Å². The maximum Gasteiger partial charge on any atom is 0.251 e. The Morgan fingerprint density at radius 3 is 2.97 bits per heavy atom. The number of aryl methyl sites for hydroxylation is 3. The summed E-state index contributed by atoms with van der Waals surface area (Å²) in [6.45, 7) is 5.35. The molecule has 4 rings (SSSR count). The first-order chi connectivity index (χ1) is 14.1. The number of benzene rings is 1. The van der Waals surface area contributed by atoms with Gasteiger partial charge < -0.3 is 19.1 Å². The Morgan fingerprint density at radius 2 is 2.14 bits per heavy atom. The first-order valence-electron chi connectivity index (χ1n) is 9.95. The number of rotatable bonds is 6. The molecular weight excluding hydrogens is 370 g/mol. The van der Waals surface area contributed by atoms with Crippen molar-refractivity contribution in [3.63, 3.8) is 0 Å². The quantitative estimate of drug-likeness (QED) is 0.689. The molecule has 1 N–H and O–H groups in total. The Bertz CT molecular complexity index is 988. The zero-order chi connectivity index (χ0) is 20.2. The van der Waals surface area contributed by atoms with Crippen molar-refractivity contribution in [2.75, 3.05) is 0 Å². The van der Waals surface area contributed by atoms with Crippen LogP contribution in [0.15, 0.2) is 28.8 Å². The van der Waals surface area contributed by atoms with Crippen molar-refractivity contribution in [3.05, 3.63) is 58.5 Å². The van der Waals surface area contributed by atoms with Gasteiger partial charge in [0.15, 0.2) is 5.82 Å². The van der Waals surface area contributed by atoms with Crippen LogP contribution in [0.25, 0.3) is 0 Å². The van der Waals surface area contributed by atoms with Crippen LogP contribution in [-0.4, -0.2) is 25.8 Å². The molecule has 8 heteroatoms. The lowest BCUT2D eigenvalue weighted by Crippen LogP contribution is -2.25. The molecule has 0 fully saturated rings. The van der Waals surface area contributed by atoms with Crippen LogP contribution >= 0.6 is 0 Å². The SMILES string of the molecule is Cc1noc(C)c1COc1cccc(C(=O)NCc2nnc3n2CCCCC3)c1. The number of nitrogens with zero attached hydrogens (tertiary/aromatic N) is 4. The summed E-state index contributed by atoms with van der Waals surface area (Å²) >= 11 is 0. The molecule has 0 radical (unpaired) electrons. The van der Waals surface area contributed by atoms with E-state index < -0.39 is 0 Å². The van der Waals surface area contributed by atoms with Gasteiger partial charge in [-0.1, -0.05) is 17.6 Å². The molecule has 2 aromatic heterocycles. The minimum absolute atomic E-state index is 0.168. The number of ether oxygens (including phenoxy) is 1. The highest BCUT2D eigenvalue weighted by atomic mass is 16.5. The van der Waals surface area contributed by atoms with Gasteiger partial charge in [0, 0.05) is 18.5 Å². The maximum atomic E-state index is 12.6. The Morgan fingerprint density at radius 1 is 1.24 bits per heavy atom. The van der Waals surface area contributed by atoms with E-state index in [1.807, 2.05) is 19.9 Å². The third-order valence-electron chi connectivity index (χ3n) is 5.25. The summed E-state index contributed by atoms with van der Waals surface area (Å²) in [4.78, 5) is 12.6. The lowest BCUT2D eigenvalue weighted by atomic mass is 10.2. The molecule has 0 saturated carbocycles. The second-order valence-electron chi connectivity index (χ2n) is 7.30. The number of carbonyl (C=O) groups is 1. The molecular formula is C21H25N5O3. The summed E-state index contributed by atoms with van der Waals surface area (Å²) in [6.07, 6.45) is 4.42. The monoisotopic (exact) mass is 395 g/mol. The van der Waals surface area contributed by atoms with Crippen molar-refractivity contribution < 1.29 is 14.1 Å². The fourth-order valence-electron chi connectivity index (χ4n) is 3.53. The van der Waals surface area contributed by atoms with Gasteiger partial charge in [0.2, 0.25) is 0 Å². The summed E-state index contributed by atoms with van der Waals surface area (Å²) in [5.74, 6) is 3.01. The number of amides is 1. The van der Waals surface area contributed by atoms with Gasteiger partial charge >= 0.3 is 0 Å². The van der Waals surface area contributed by atoms with Crippen LogP contribution < -0.4 is 10.1 Å². The van der Waals surface area contributed by atoms with Crippen molar-refractivity contribution in [2.45, 2.75) is 59.2 Å². The van der Waals surface area contributed by atoms with Crippen LogP contribution in [0.4, 0.5) is 0 Å². The smallest absolute Gasteiger partial charge is 0.251 e. The molecule has 0 atom stereocenters. The minimum atomic E-state index is -0.168. The van der Waals surface area contributed by atoms with E-state index in [4.69, 9.17) is 9.26 Å². The van der Waals surface area contributed by atoms with Gasteiger partial charge in [-0.25, -0.2) is 0 Å². The Kier molecular flexibility index (Phi) is 5.59. The van der Waals surface area contributed by atoms with E-state index in [0.717, 1.165) is 54.5 Å². The third kappa shape index (κ3) is 4.31. The van der Waals surface area contributed by atoms with Gasteiger partial charge in [0.05, 0.1) is 17.8 Å². The number of fused-ring (bicyclic) bond motifs is 1. The Balaban J connectivity index is 1.38. The van der Waals surface area contributed by atoms with Crippen LogP contribution in [0.1, 0.15) is 58.3 Å². The Hall–Kier alpha value is -3.16.